The van der Waals surface area contributed by atoms with Gasteiger partial charge in [0.1, 0.15) is 0 Å². The van der Waals surface area contributed by atoms with E-state index in [1.165, 1.54) is 0 Å². The highest BCUT2D eigenvalue weighted by Gasteiger charge is 2.01. The third kappa shape index (κ3) is 5.85. The molecule has 1 unspecified atom stereocenters. The number of carbonyl (C=O) groups excluding carboxylic acids is 1. The average Bonchev–Trinajstić information content (AvgIpc) is 2.01. The number of amides is 1. The molecule has 66 valence electrons. The van der Waals surface area contributed by atoms with E-state index in [4.69, 9.17) is 5.73 Å². The molecule has 0 spiro atoms. The minimum absolute atomic E-state index is 0.0801. The van der Waals surface area contributed by atoms with Gasteiger partial charge in [0.15, 0.2) is 0 Å². The topological polar surface area (TPSA) is 55.1 Å². The Labute approximate surface area is 68.3 Å². The summed E-state index contributed by atoms with van der Waals surface area (Å²) in [4.78, 5) is 10.8. The molecule has 0 bridgehead atoms. The highest BCUT2D eigenvalue weighted by atomic mass is 16.1. The van der Waals surface area contributed by atoms with Crippen LogP contribution in [0.25, 0.3) is 0 Å². The highest BCUT2D eigenvalue weighted by Crippen LogP contribution is 1.90. The lowest BCUT2D eigenvalue weighted by Gasteiger charge is -2.10. The number of nitrogens with two attached hydrogens (primary N) is 1. The van der Waals surface area contributed by atoms with E-state index in [0.717, 1.165) is 12.8 Å². The highest BCUT2D eigenvalue weighted by molar-refractivity contribution is 5.75. The quantitative estimate of drug-likeness (QED) is 0.617. The second kappa shape index (κ2) is 6.16. The van der Waals surface area contributed by atoms with Gasteiger partial charge in [0.05, 0.1) is 0 Å². The summed E-state index contributed by atoms with van der Waals surface area (Å²) in [5.74, 6) is 0.0801. The molecule has 0 radical (unpaired) electrons. The number of hydrogen-bond acceptors (Lipinski definition) is 2. The van der Waals surface area contributed by atoms with Crippen LogP contribution < -0.4 is 11.1 Å². The SMILES string of the molecule is CCCC(N)CNC(=O)CC. The maximum atomic E-state index is 10.8. The smallest absolute Gasteiger partial charge is 0.219 e. The molecule has 0 saturated carbocycles. The predicted octanol–water partition coefficient (Wildman–Crippen LogP) is 0.640. The lowest BCUT2D eigenvalue weighted by molar-refractivity contribution is -0.120. The summed E-state index contributed by atoms with van der Waals surface area (Å²) < 4.78 is 0. The van der Waals surface area contributed by atoms with Crippen molar-refractivity contribution in [1.82, 2.24) is 5.32 Å². The molecular formula is C8H18N2O. The van der Waals surface area contributed by atoms with Gasteiger partial charge in [0, 0.05) is 19.0 Å². The fraction of sp³-hybridized carbons (Fsp3) is 0.875. The van der Waals surface area contributed by atoms with E-state index in [1.54, 1.807) is 0 Å². The van der Waals surface area contributed by atoms with Gasteiger partial charge in [-0.2, -0.15) is 0 Å². The van der Waals surface area contributed by atoms with Gasteiger partial charge in [-0.05, 0) is 6.42 Å². The van der Waals surface area contributed by atoms with Crippen molar-refractivity contribution >= 4 is 5.91 Å². The van der Waals surface area contributed by atoms with Crippen molar-refractivity contribution in [2.45, 2.75) is 39.2 Å². The monoisotopic (exact) mass is 158 g/mol. The number of rotatable bonds is 5. The van der Waals surface area contributed by atoms with Crippen LogP contribution in [0.3, 0.4) is 0 Å². The Morgan fingerprint density at radius 1 is 1.55 bits per heavy atom. The maximum absolute atomic E-state index is 10.8. The Morgan fingerprint density at radius 2 is 2.18 bits per heavy atom. The van der Waals surface area contributed by atoms with E-state index in [1.807, 2.05) is 6.92 Å². The summed E-state index contributed by atoms with van der Waals surface area (Å²) in [5.41, 5.74) is 5.67. The van der Waals surface area contributed by atoms with Gasteiger partial charge in [-0.25, -0.2) is 0 Å². The summed E-state index contributed by atoms with van der Waals surface area (Å²) in [6.45, 7) is 4.53. The van der Waals surface area contributed by atoms with Crippen LogP contribution in [0.1, 0.15) is 33.1 Å². The van der Waals surface area contributed by atoms with Crippen molar-refractivity contribution in [2.24, 2.45) is 5.73 Å². The van der Waals surface area contributed by atoms with E-state index in [0.29, 0.717) is 13.0 Å². The largest absolute Gasteiger partial charge is 0.355 e. The second-order valence-electron chi connectivity index (χ2n) is 2.71. The Morgan fingerprint density at radius 3 is 2.64 bits per heavy atom. The number of nitrogens with one attached hydrogen (secondary N) is 1. The van der Waals surface area contributed by atoms with E-state index >= 15 is 0 Å². The molecule has 3 N–H and O–H groups in total. The molecule has 0 fully saturated rings. The van der Waals surface area contributed by atoms with Crippen molar-refractivity contribution in [3.8, 4) is 0 Å². The van der Waals surface area contributed by atoms with Crippen LogP contribution in [-0.2, 0) is 4.79 Å². The Hall–Kier alpha value is -0.570. The Balaban J connectivity index is 3.29. The zero-order valence-electron chi connectivity index (χ0n) is 7.39. The molecule has 1 amide bonds. The van der Waals surface area contributed by atoms with Gasteiger partial charge in [-0.3, -0.25) is 4.79 Å². The van der Waals surface area contributed by atoms with Gasteiger partial charge in [-0.1, -0.05) is 20.3 Å². The van der Waals surface area contributed by atoms with E-state index < -0.39 is 0 Å². The molecule has 3 nitrogen and oxygen atoms in total. The molecule has 0 saturated heterocycles. The number of hydrogen-bond donors (Lipinski definition) is 2. The summed E-state index contributed by atoms with van der Waals surface area (Å²) in [6, 6.07) is 0.121. The first-order valence-electron chi connectivity index (χ1n) is 4.23. The molecule has 0 aromatic carbocycles. The van der Waals surface area contributed by atoms with Gasteiger partial charge >= 0.3 is 0 Å². The standard InChI is InChI=1S/C8H18N2O/c1-3-5-7(9)6-10-8(11)4-2/h7H,3-6,9H2,1-2H3,(H,10,11). The molecule has 0 rings (SSSR count). The summed E-state index contributed by atoms with van der Waals surface area (Å²) in [7, 11) is 0. The van der Waals surface area contributed by atoms with Crippen molar-refractivity contribution < 1.29 is 4.79 Å². The minimum atomic E-state index is 0.0801. The van der Waals surface area contributed by atoms with Gasteiger partial charge in [0.2, 0.25) is 5.91 Å². The predicted molar refractivity (Wildman–Crippen MR) is 46.2 cm³/mol. The molecule has 0 aliphatic heterocycles. The minimum Gasteiger partial charge on any atom is -0.355 e. The molecular weight excluding hydrogens is 140 g/mol. The van der Waals surface area contributed by atoms with Crippen molar-refractivity contribution in [3.63, 3.8) is 0 Å². The Kier molecular flexibility index (Phi) is 5.84. The molecule has 0 aromatic heterocycles. The van der Waals surface area contributed by atoms with Crippen LogP contribution in [0.4, 0.5) is 0 Å². The van der Waals surface area contributed by atoms with Crippen LogP contribution >= 0.6 is 0 Å². The first-order chi connectivity index (χ1) is 5.20. The summed E-state index contributed by atoms with van der Waals surface area (Å²) >= 11 is 0. The Bertz CT molecular complexity index is 115. The normalized spacial score (nSPS) is 12.6. The molecule has 0 aromatic rings. The van der Waals surface area contributed by atoms with Gasteiger partial charge in [0.25, 0.3) is 0 Å². The molecule has 3 heteroatoms. The van der Waals surface area contributed by atoms with E-state index in [9.17, 15) is 4.79 Å². The van der Waals surface area contributed by atoms with Gasteiger partial charge in [-0.15, -0.1) is 0 Å². The summed E-state index contributed by atoms with van der Waals surface area (Å²) in [5, 5.41) is 2.75. The van der Waals surface area contributed by atoms with Crippen molar-refractivity contribution in [2.75, 3.05) is 6.54 Å². The zero-order chi connectivity index (χ0) is 8.69. The van der Waals surface area contributed by atoms with E-state index in [-0.39, 0.29) is 11.9 Å². The maximum Gasteiger partial charge on any atom is 0.219 e. The van der Waals surface area contributed by atoms with Crippen molar-refractivity contribution in [3.05, 3.63) is 0 Å². The van der Waals surface area contributed by atoms with Crippen molar-refractivity contribution in [1.29, 1.82) is 0 Å². The second-order valence-corrected chi connectivity index (χ2v) is 2.71. The van der Waals surface area contributed by atoms with Crippen LogP contribution in [-0.4, -0.2) is 18.5 Å². The molecule has 0 heterocycles. The molecule has 0 aliphatic rings. The third-order valence-corrected chi connectivity index (χ3v) is 1.54. The van der Waals surface area contributed by atoms with Crippen LogP contribution in [0.2, 0.25) is 0 Å². The first kappa shape index (κ1) is 10.4. The molecule has 1 atom stereocenters. The third-order valence-electron chi connectivity index (χ3n) is 1.54. The summed E-state index contributed by atoms with van der Waals surface area (Å²) in [6.07, 6.45) is 2.59. The van der Waals surface area contributed by atoms with Crippen LogP contribution in [0, 0.1) is 0 Å². The van der Waals surface area contributed by atoms with Crippen LogP contribution in [0.5, 0.6) is 0 Å². The fourth-order valence-electron chi connectivity index (χ4n) is 0.843. The van der Waals surface area contributed by atoms with E-state index in [2.05, 4.69) is 12.2 Å². The average molecular weight is 158 g/mol. The molecule has 11 heavy (non-hydrogen) atoms. The molecule has 0 aliphatic carbocycles. The zero-order valence-corrected chi connectivity index (χ0v) is 7.39. The fourth-order valence-corrected chi connectivity index (χ4v) is 0.843. The number of carbonyl (C=O) groups is 1. The van der Waals surface area contributed by atoms with Gasteiger partial charge < -0.3 is 11.1 Å². The lowest BCUT2D eigenvalue weighted by atomic mass is 10.2. The first-order valence-corrected chi connectivity index (χ1v) is 4.23. The lowest BCUT2D eigenvalue weighted by Crippen LogP contribution is -2.36. The van der Waals surface area contributed by atoms with Crippen LogP contribution in [0.15, 0.2) is 0 Å².